The first-order valence-corrected chi connectivity index (χ1v) is 7.67. The van der Waals surface area contributed by atoms with Crippen LogP contribution in [-0.2, 0) is 11.2 Å². The first kappa shape index (κ1) is 13.9. The molecule has 2 atom stereocenters. The van der Waals surface area contributed by atoms with E-state index in [9.17, 15) is 0 Å². The van der Waals surface area contributed by atoms with Crippen molar-refractivity contribution >= 4 is 17.5 Å². The predicted octanol–water partition coefficient (Wildman–Crippen LogP) is 2.63. The molecule has 1 aliphatic carbocycles. The Morgan fingerprint density at radius 2 is 2.26 bits per heavy atom. The van der Waals surface area contributed by atoms with Crippen LogP contribution < -0.4 is 16.0 Å². The van der Waals surface area contributed by atoms with Crippen molar-refractivity contribution < 1.29 is 4.74 Å². The Kier molecular flexibility index (Phi) is 3.11. The second-order valence-corrected chi connectivity index (χ2v) is 5.92. The third kappa shape index (κ3) is 2.36. The van der Waals surface area contributed by atoms with Gasteiger partial charge in [0.05, 0.1) is 6.04 Å². The molecule has 6 nitrogen and oxygen atoms in total. The fourth-order valence-electron chi connectivity index (χ4n) is 3.24. The Hall–Kier alpha value is -2.76. The van der Waals surface area contributed by atoms with Gasteiger partial charge >= 0.3 is 0 Å². The van der Waals surface area contributed by atoms with Crippen molar-refractivity contribution in [2.45, 2.75) is 25.5 Å². The van der Waals surface area contributed by atoms with E-state index in [2.05, 4.69) is 50.7 Å². The minimum atomic E-state index is 0.152. The Labute approximate surface area is 135 Å². The minimum Gasteiger partial charge on any atom is -0.474 e. The van der Waals surface area contributed by atoms with Crippen LogP contribution in [0.5, 0.6) is 0 Å². The summed E-state index contributed by atoms with van der Waals surface area (Å²) in [7, 11) is 1.85. The molecule has 2 heterocycles. The quantitative estimate of drug-likeness (QED) is 0.809. The smallest absolute Gasteiger partial charge is 0.229 e. The Balaban J connectivity index is 1.61. The highest BCUT2D eigenvalue weighted by Crippen LogP contribution is 2.40. The largest absolute Gasteiger partial charge is 0.474 e. The van der Waals surface area contributed by atoms with Crippen LogP contribution in [0.3, 0.4) is 0 Å². The molecule has 1 saturated heterocycles. The molecule has 0 bridgehead atoms. The van der Waals surface area contributed by atoms with Gasteiger partial charge in [-0.2, -0.15) is 4.98 Å². The van der Waals surface area contributed by atoms with E-state index in [0.717, 1.165) is 23.5 Å². The number of anilines is 3. The SMILES string of the molecule is C=C1N[C@H]2c3cc(Nc4ncc(C)c(NC)n4)ccc3C[C@H]2O1. The van der Waals surface area contributed by atoms with Gasteiger partial charge in [-0.25, -0.2) is 4.98 Å². The lowest BCUT2D eigenvalue weighted by Gasteiger charge is -2.12. The second-order valence-electron chi connectivity index (χ2n) is 5.92. The molecule has 6 heteroatoms. The van der Waals surface area contributed by atoms with E-state index in [4.69, 9.17) is 4.74 Å². The summed E-state index contributed by atoms with van der Waals surface area (Å²) in [5, 5.41) is 9.65. The molecule has 23 heavy (non-hydrogen) atoms. The fraction of sp³-hybridized carbons (Fsp3) is 0.294. The van der Waals surface area contributed by atoms with Crippen molar-refractivity contribution in [1.82, 2.24) is 15.3 Å². The molecule has 118 valence electrons. The van der Waals surface area contributed by atoms with E-state index >= 15 is 0 Å². The van der Waals surface area contributed by atoms with E-state index in [1.807, 2.05) is 14.0 Å². The van der Waals surface area contributed by atoms with E-state index in [-0.39, 0.29) is 12.1 Å². The average Bonchev–Trinajstić information content (AvgIpc) is 3.05. The molecule has 2 aliphatic rings. The zero-order valence-corrected chi connectivity index (χ0v) is 13.2. The van der Waals surface area contributed by atoms with Crippen molar-refractivity contribution in [2.75, 3.05) is 17.7 Å². The summed E-state index contributed by atoms with van der Waals surface area (Å²) in [4.78, 5) is 8.81. The van der Waals surface area contributed by atoms with Crippen molar-refractivity contribution in [1.29, 1.82) is 0 Å². The third-order valence-electron chi connectivity index (χ3n) is 4.35. The molecule has 1 aromatic carbocycles. The molecule has 1 aromatic heterocycles. The highest BCUT2D eigenvalue weighted by atomic mass is 16.5. The van der Waals surface area contributed by atoms with Gasteiger partial charge in [-0.15, -0.1) is 0 Å². The molecule has 0 spiro atoms. The molecule has 2 aromatic rings. The van der Waals surface area contributed by atoms with Gasteiger partial charge in [-0.05, 0) is 36.8 Å². The molecule has 0 radical (unpaired) electrons. The fourth-order valence-corrected chi connectivity index (χ4v) is 3.24. The number of hydrogen-bond acceptors (Lipinski definition) is 6. The van der Waals surface area contributed by atoms with Gasteiger partial charge in [-0.3, -0.25) is 0 Å². The number of nitrogens with zero attached hydrogens (tertiary/aromatic N) is 2. The zero-order valence-electron chi connectivity index (χ0n) is 13.2. The Bertz CT molecular complexity index is 789. The van der Waals surface area contributed by atoms with Crippen molar-refractivity contribution in [3.63, 3.8) is 0 Å². The van der Waals surface area contributed by atoms with Gasteiger partial charge in [-0.1, -0.05) is 6.07 Å². The van der Waals surface area contributed by atoms with Gasteiger partial charge in [0.15, 0.2) is 5.88 Å². The standard InChI is InChI=1S/C17H19N5O/c1-9-8-19-17(22-16(9)18-3)21-12-5-4-11-6-14-15(13(11)7-12)20-10(2)23-14/h4-5,7-8,14-15,20H,2,6H2,1,3H3,(H2,18,19,21,22)/t14-,15+/m1/s1. The van der Waals surface area contributed by atoms with Gasteiger partial charge in [0, 0.05) is 30.9 Å². The van der Waals surface area contributed by atoms with E-state index in [1.165, 1.54) is 11.1 Å². The van der Waals surface area contributed by atoms with E-state index in [0.29, 0.717) is 11.8 Å². The summed E-state index contributed by atoms with van der Waals surface area (Å²) >= 11 is 0. The summed E-state index contributed by atoms with van der Waals surface area (Å²) in [6, 6.07) is 6.51. The molecule has 0 amide bonds. The van der Waals surface area contributed by atoms with Crippen LogP contribution in [0.1, 0.15) is 22.7 Å². The molecule has 4 rings (SSSR count). The lowest BCUT2D eigenvalue weighted by molar-refractivity contribution is 0.159. The van der Waals surface area contributed by atoms with Crippen LogP contribution in [0.2, 0.25) is 0 Å². The predicted molar refractivity (Wildman–Crippen MR) is 89.6 cm³/mol. The van der Waals surface area contributed by atoms with E-state index < -0.39 is 0 Å². The molecule has 0 saturated carbocycles. The number of ether oxygens (including phenoxy) is 1. The number of nitrogens with one attached hydrogen (secondary N) is 3. The zero-order chi connectivity index (χ0) is 16.0. The van der Waals surface area contributed by atoms with Crippen LogP contribution in [0, 0.1) is 6.92 Å². The van der Waals surface area contributed by atoms with Gasteiger partial charge in [0.25, 0.3) is 0 Å². The second kappa shape index (κ2) is 5.15. The number of fused-ring (bicyclic) bond motifs is 3. The lowest BCUT2D eigenvalue weighted by Crippen LogP contribution is -2.16. The number of aromatic nitrogens is 2. The van der Waals surface area contributed by atoms with Crippen LogP contribution >= 0.6 is 0 Å². The summed E-state index contributed by atoms with van der Waals surface area (Å²) in [5.74, 6) is 2.06. The molecule has 1 aliphatic heterocycles. The summed E-state index contributed by atoms with van der Waals surface area (Å²) in [6.45, 7) is 5.83. The monoisotopic (exact) mass is 309 g/mol. The minimum absolute atomic E-state index is 0.152. The normalized spacial score (nSPS) is 21.2. The van der Waals surface area contributed by atoms with Gasteiger partial charge in [0.2, 0.25) is 5.95 Å². The van der Waals surface area contributed by atoms with E-state index in [1.54, 1.807) is 6.20 Å². The molecule has 3 N–H and O–H groups in total. The highest BCUT2D eigenvalue weighted by Gasteiger charge is 2.39. The maximum absolute atomic E-state index is 5.71. The van der Waals surface area contributed by atoms with Gasteiger partial charge in [0.1, 0.15) is 11.9 Å². The molecule has 1 fully saturated rings. The average molecular weight is 309 g/mol. The molecule has 0 unspecified atom stereocenters. The van der Waals surface area contributed by atoms with Crippen LogP contribution in [0.25, 0.3) is 0 Å². The number of hydrogen-bond donors (Lipinski definition) is 3. The van der Waals surface area contributed by atoms with Crippen molar-refractivity contribution in [3.8, 4) is 0 Å². The highest BCUT2D eigenvalue weighted by molar-refractivity contribution is 5.59. The van der Waals surface area contributed by atoms with Crippen molar-refractivity contribution in [2.24, 2.45) is 0 Å². The number of benzene rings is 1. The first-order valence-electron chi connectivity index (χ1n) is 7.67. The maximum atomic E-state index is 5.71. The Morgan fingerprint density at radius 3 is 3.09 bits per heavy atom. The van der Waals surface area contributed by atoms with Gasteiger partial charge < -0.3 is 20.7 Å². The van der Waals surface area contributed by atoms with Crippen molar-refractivity contribution in [3.05, 3.63) is 53.5 Å². The number of rotatable bonds is 3. The Morgan fingerprint density at radius 1 is 1.39 bits per heavy atom. The summed E-state index contributed by atoms with van der Waals surface area (Å²) in [5.41, 5.74) is 4.54. The summed E-state index contributed by atoms with van der Waals surface area (Å²) in [6.07, 6.45) is 2.87. The lowest BCUT2D eigenvalue weighted by atomic mass is 10.1. The topological polar surface area (TPSA) is 71.1 Å². The molecular weight excluding hydrogens is 290 g/mol. The van der Waals surface area contributed by atoms with Crippen LogP contribution in [0.15, 0.2) is 36.9 Å². The summed E-state index contributed by atoms with van der Waals surface area (Å²) < 4.78 is 5.71. The third-order valence-corrected chi connectivity index (χ3v) is 4.35. The van der Waals surface area contributed by atoms with Crippen LogP contribution in [-0.4, -0.2) is 23.1 Å². The number of aryl methyl sites for hydroxylation is 1. The van der Waals surface area contributed by atoms with Crippen LogP contribution in [0.4, 0.5) is 17.5 Å². The first-order chi connectivity index (χ1) is 11.1. The maximum Gasteiger partial charge on any atom is 0.229 e. The molecular formula is C17H19N5O.